The van der Waals surface area contributed by atoms with Gasteiger partial charge in [-0.3, -0.25) is 4.98 Å². The summed E-state index contributed by atoms with van der Waals surface area (Å²) >= 11 is 6.12. The first-order valence-electron chi connectivity index (χ1n) is 6.91. The lowest BCUT2D eigenvalue weighted by atomic mass is 10.1. The second-order valence-corrected chi connectivity index (χ2v) is 5.27. The van der Waals surface area contributed by atoms with Crippen molar-refractivity contribution >= 4 is 23.8 Å². The van der Waals surface area contributed by atoms with Crippen LogP contribution in [0.1, 0.15) is 17.5 Å². The minimum Gasteiger partial charge on any atom is -0.490 e. The summed E-state index contributed by atoms with van der Waals surface area (Å²) in [4.78, 5) is 8.16. The van der Waals surface area contributed by atoms with Crippen LogP contribution in [0, 0.1) is 0 Å². The molecule has 0 aromatic carbocycles. The number of nitrogens with one attached hydrogen (secondary N) is 1. The van der Waals surface area contributed by atoms with Gasteiger partial charge in [-0.1, -0.05) is 23.8 Å². The Morgan fingerprint density at radius 2 is 2.14 bits per heavy atom. The molecule has 0 saturated carbocycles. The van der Waals surface area contributed by atoms with E-state index in [4.69, 9.17) is 16.3 Å². The van der Waals surface area contributed by atoms with Gasteiger partial charge in [0.2, 0.25) is 0 Å². The van der Waals surface area contributed by atoms with Crippen molar-refractivity contribution in [3.05, 3.63) is 53.1 Å². The first-order valence-corrected chi connectivity index (χ1v) is 7.29. The normalized spacial score (nSPS) is 17.7. The Labute approximate surface area is 128 Å². The van der Waals surface area contributed by atoms with Crippen LogP contribution in [0.15, 0.2) is 36.8 Å². The van der Waals surface area contributed by atoms with Gasteiger partial charge in [-0.15, -0.1) is 0 Å². The standard InChI is InChI=1S/C16H16ClN3O/c17-16-13(2-1-12-3-6-18-7-4-12)9-15(10-20-16)21-11-14-5-8-19-14/h1-4,6-7,9-10,14,19H,5,8,11H2/b2-1+. The molecule has 108 valence electrons. The lowest BCUT2D eigenvalue weighted by Crippen LogP contribution is -2.46. The van der Waals surface area contributed by atoms with Crippen LogP contribution < -0.4 is 10.1 Å². The van der Waals surface area contributed by atoms with Crippen LogP contribution in [0.3, 0.4) is 0 Å². The van der Waals surface area contributed by atoms with E-state index in [0.29, 0.717) is 17.8 Å². The summed E-state index contributed by atoms with van der Waals surface area (Å²) in [6, 6.07) is 6.23. The van der Waals surface area contributed by atoms with Gasteiger partial charge in [0.05, 0.1) is 6.20 Å². The molecule has 2 aromatic heterocycles. The highest BCUT2D eigenvalue weighted by Crippen LogP contribution is 2.22. The van der Waals surface area contributed by atoms with E-state index < -0.39 is 0 Å². The predicted molar refractivity (Wildman–Crippen MR) is 84.3 cm³/mol. The molecule has 3 rings (SSSR count). The van der Waals surface area contributed by atoms with Gasteiger partial charge in [0.1, 0.15) is 17.5 Å². The maximum absolute atomic E-state index is 6.12. The van der Waals surface area contributed by atoms with Crippen LogP contribution in [-0.2, 0) is 0 Å². The molecular formula is C16H16ClN3O. The summed E-state index contributed by atoms with van der Waals surface area (Å²) in [6.45, 7) is 1.74. The highest BCUT2D eigenvalue weighted by molar-refractivity contribution is 6.31. The maximum atomic E-state index is 6.12. The van der Waals surface area contributed by atoms with Gasteiger partial charge in [-0.05, 0) is 36.7 Å². The molecule has 3 heterocycles. The Morgan fingerprint density at radius 3 is 2.86 bits per heavy atom. The fraction of sp³-hybridized carbons (Fsp3) is 0.250. The van der Waals surface area contributed by atoms with Gasteiger partial charge >= 0.3 is 0 Å². The third-order valence-electron chi connectivity index (χ3n) is 3.38. The van der Waals surface area contributed by atoms with Crippen molar-refractivity contribution in [2.45, 2.75) is 12.5 Å². The minimum atomic E-state index is 0.455. The predicted octanol–water partition coefficient (Wildman–Crippen LogP) is 3.04. The third kappa shape index (κ3) is 3.80. The monoisotopic (exact) mass is 301 g/mol. The molecule has 4 nitrogen and oxygen atoms in total. The molecular weight excluding hydrogens is 286 g/mol. The van der Waals surface area contributed by atoms with Crippen LogP contribution >= 0.6 is 11.6 Å². The number of hydrogen-bond donors (Lipinski definition) is 1. The molecule has 2 aromatic rings. The van der Waals surface area contributed by atoms with Crippen molar-refractivity contribution in [3.8, 4) is 5.75 Å². The summed E-state index contributed by atoms with van der Waals surface area (Å²) in [7, 11) is 0. The molecule has 1 N–H and O–H groups in total. The summed E-state index contributed by atoms with van der Waals surface area (Å²) < 4.78 is 5.73. The molecule has 0 bridgehead atoms. The molecule has 1 aliphatic rings. The molecule has 5 heteroatoms. The second-order valence-electron chi connectivity index (χ2n) is 4.92. The fourth-order valence-corrected chi connectivity index (χ4v) is 2.16. The molecule has 1 saturated heterocycles. The summed E-state index contributed by atoms with van der Waals surface area (Å²) in [5, 5.41) is 3.76. The van der Waals surface area contributed by atoms with Crippen molar-refractivity contribution in [2.75, 3.05) is 13.2 Å². The first-order chi connectivity index (χ1) is 10.3. The molecule has 0 aliphatic carbocycles. The van der Waals surface area contributed by atoms with Crippen molar-refractivity contribution in [2.24, 2.45) is 0 Å². The minimum absolute atomic E-state index is 0.455. The zero-order chi connectivity index (χ0) is 14.5. The quantitative estimate of drug-likeness (QED) is 0.862. The smallest absolute Gasteiger partial charge is 0.138 e. The Kier molecular flexibility index (Phi) is 4.48. The maximum Gasteiger partial charge on any atom is 0.138 e. The topological polar surface area (TPSA) is 47.0 Å². The van der Waals surface area contributed by atoms with Crippen LogP contribution in [0.5, 0.6) is 5.75 Å². The number of ether oxygens (including phenoxy) is 1. The van der Waals surface area contributed by atoms with E-state index in [-0.39, 0.29) is 0 Å². The van der Waals surface area contributed by atoms with E-state index >= 15 is 0 Å². The molecule has 1 fully saturated rings. The molecule has 1 aliphatic heterocycles. The Morgan fingerprint density at radius 1 is 1.33 bits per heavy atom. The number of halogens is 1. The van der Waals surface area contributed by atoms with Gasteiger partial charge < -0.3 is 10.1 Å². The Bertz CT molecular complexity index is 627. The Hall–Kier alpha value is -1.91. The number of pyridine rings is 2. The van der Waals surface area contributed by atoms with Crippen molar-refractivity contribution in [3.63, 3.8) is 0 Å². The molecule has 0 amide bonds. The fourth-order valence-electron chi connectivity index (χ4n) is 1.99. The van der Waals surface area contributed by atoms with Gasteiger partial charge in [0.25, 0.3) is 0 Å². The largest absolute Gasteiger partial charge is 0.490 e. The number of rotatable bonds is 5. The van der Waals surface area contributed by atoms with Gasteiger partial charge in [0, 0.05) is 24.0 Å². The second kappa shape index (κ2) is 6.70. The summed E-state index contributed by atoms with van der Waals surface area (Å²) in [5.74, 6) is 0.738. The number of nitrogens with zero attached hydrogens (tertiary/aromatic N) is 2. The van der Waals surface area contributed by atoms with Crippen molar-refractivity contribution in [1.29, 1.82) is 0 Å². The highest BCUT2D eigenvalue weighted by atomic mass is 35.5. The van der Waals surface area contributed by atoms with Crippen molar-refractivity contribution in [1.82, 2.24) is 15.3 Å². The van der Waals surface area contributed by atoms with Crippen LogP contribution in [-0.4, -0.2) is 29.2 Å². The van der Waals surface area contributed by atoms with Gasteiger partial charge in [0.15, 0.2) is 0 Å². The van der Waals surface area contributed by atoms with E-state index in [1.807, 2.05) is 30.4 Å². The highest BCUT2D eigenvalue weighted by Gasteiger charge is 2.16. The average Bonchev–Trinajstić information content (AvgIpc) is 2.47. The first kappa shape index (κ1) is 14.0. The molecule has 1 unspecified atom stereocenters. The van der Waals surface area contributed by atoms with Crippen LogP contribution in [0.2, 0.25) is 5.15 Å². The third-order valence-corrected chi connectivity index (χ3v) is 3.70. The zero-order valence-electron chi connectivity index (χ0n) is 11.5. The van der Waals surface area contributed by atoms with Gasteiger partial charge in [-0.25, -0.2) is 4.98 Å². The molecule has 0 spiro atoms. The van der Waals surface area contributed by atoms with E-state index in [2.05, 4.69) is 15.3 Å². The van der Waals surface area contributed by atoms with E-state index in [1.165, 1.54) is 0 Å². The van der Waals surface area contributed by atoms with E-state index in [1.54, 1.807) is 18.6 Å². The van der Waals surface area contributed by atoms with Gasteiger partial charge in [-0.2, -0.15) is 0 Å². The number of aromatic nitrogens is 2. The average molecular weight is 302 g/mol. The molecule has 0 radical (unpaired) electrons. The lowest BCUT2D eigenvalue weighted by molar-refractivity contribution is 0.217. The molecule has 21 heavy (non-hydrogen) atoms. The Balaban J connectivity index is 1.70. The van der Waals surface area contributed by atoms with Crippen molar-refractivity contribution < 1.29 is 4.74 Å². The lowest BCUT2D eigenvalue weighted by Gasteiger charge is -2.27. The van der Waals surface area contributed by atoms with Crippen LogP contribution in [0.25, 0.3) is 12.2 Å². The number of hydrogen-bond acceptors (Lipinski definition) is 4. The molecule has 1 atom stereocenters. The zero-order valence-corrected chi connectivity index (χ0v) is 12.3. The SMILES string of the molecule is Clc1ncc(OCC2CCN2)cc1/C=C/c1ccncc1. The van der Waals surface area contributed by atoms with E-state index in [9.17, 15) is 0 Å². The van der Waals surface area contributed by atoms with Crippen LogP contribution in [0.4, 0.5) is 0 Å². The van der Waals surface area contributed by atoms with E-state index in [0.717, 1.165) is 29.8 Å². The summed E-state index contributed by atoms with van der Waals surface area (Å²) in [6.07, 6.45) is 10.2. The summed E-state index contributed by atoms with van der Waals surface area (Å²) in [5.41, 5.74) is 1.90.